The summed E-state index contributed by atoms with van der Waals surface area (Å²) in [7, 11) is 0. The third-order valence-electron chi connectivity index (χ3n) is 5.06. The maximum absolute atomic E-state index is 12.1. The molecule has 1 fully saturated rings. The SMILES string of the molecule is CCCCC[C@@H](O)C=C[C@H]1C(=O)C[C@H](O)[C@@H]1CCCCCCC(=O)O. The number of carboxylic acid groups (broad SMARTS) is 1. The van der Waals surface area contributed by atoms with Gasteiger partial charge in [-0.15, -0.1) is 0 Å². The largest absolute Gasteiger partial charge is 0.481 e. The monoisotopic (exact) mass is 354 g/mol. The van der Waals surface area contributed by atoms with E-state index in [0.29, 0.717) is 12.8 Å². The minimum atomic E-state index is -0.764. The summed E-state index contributed by atoms with van der Waals surface area (Å²) in [6.45, 7) is 2.12. The van der Waals surface area contributed by atoms with E-state index in [2.05, 4.69) is 6.92 Å². The summed E-state index contributed by atoms with van der Waals surface area (Å²) in [5.41, 5.74) is 0. The number of hydrogen-bond donors (Lipinski definition) is 3. The van der Waals surface area contributed by atoms with Crippen LogP contribution in [0.25, 0.3) is 0 Å². The van der Waals surface area contributed by atoms with Crippen molar-refractivity contribution in [3.63, 3.8) is 0 Å². The molecule has 0 aromatic carbocycles. The Kier molecular flexibility index (Phi) is 10.7. The Morgan fingerprint density at radius 1 is 1.20 bits per heavy atom. The molecule has 1 saturated carbocycles. The van der Waals surface area contributed by atoms with E-state index in [0.717, 1.165) is 44.9 Å². The minimum absolute atomic E-state index is 0.0559. The zero-order valence-corrected chi connectivity index (χ0v) is 15.4. The summed E-state index contributed by atoms with van der Waals surface area (Å²) < 4.78 is 0. The molecule has 3 N–H and O–H groups in total. The second-order valence-corrected chi connectivity index (χ2v) is 7.22. The van der Waals surface area contributed by atoms with Gasteiger partial charge in [0.2, 0.25) is 0 Å². The highest BCUT2D eigenvalue weighted by molar-refractivity contribution is 5.85. The summed E-state index contributed by atoms with van der Waals surface area (Å²) >= 11 is 0. The second-order valence-electron chi connectivity index (χ2n) is 7.22. The molecule has 1 aliphatic rings. The van der Waals surface area contributed by atoms with Crippen molar-refractivity contribution in [2.45, 2.75) is 89.8 Å². The predicted molar refractivity (Wildman–Crippen MR) is 97.2 cm³/mol. The standard InChI is InChI=1S/C20H34O5/c1-2-3-6-9-15(21)12-13-17-16(18(22)14-19(17)23)10-7-4-5-8-11-20(24)25/h12-13,15-18,21-22H,2-11,14H2,1H3,(H,24,25)/t15-,16-,17-,18+/m1/s1. The topological polar surface area (TPSA) is 94.8 Å². The zero-order valence-electron chi connectivity index (χ0n) is 15.4. The highest BCUT2D eigenvalue weighted by Gasteiger charge is 2.39. The molecule has 25 heavy (non-hydrogen) atoms. The van der Waals surface area contributed by atoms with Gasteiger partial charge in [0.05, 0.1) is 12.2 Å². The summed E-state index contributed by atoms with van der Waals surface area (Å²) in [5, 5.41) is 28.7. The molecular weight excluding hydrogens is 320 g/mol. The molecule has 0 bridgehead atoms. The van der Waals surface area contributed by atoms with E-state index in [1.165, 1.54) is 0 Å². The molecule has 0 radical (unpaired) electrons. The first-order valence-electron chi connectivity index (χ1n) is 9.74. The van der Waals surface area contributed by atoms with Crippen LogP contribution in [-0.4, -0.2) is 39.3 Å². The summed E-state index contributed by atoms with van der Waals surface area (Å²) in [6.07, 6.45) is 10.8. The Bertz CT molecular complexity index is 432. The minimum Gasteiger partial charge on any atom is -0.481 e. The summed E-state index contributed by atoms with van der Waals surface area (Å²) in [4.78, 5) is 22.6. The van der Waals surface area contributed by atoms with E-state index in [4.69, 9.17) is 5.11 Å². The van der Waals surface area contributed by atoms with Gasteiger partial charge in [-0.25, -0.2) is 0 Å². The van der Waals surface area contributed by atoms with Gasteiger partial charge in [-0.2, -0.15) is 0 Å². The maximum atomic E-state index is 12.1. The number of aliphatic hydroxyl groups is 2. The zero-order chi connectivity index (χ0) is 18.7. The molecule has 1 rings (SSSR count). The molecule has 0 aliphatic heterocycles. The van der Waals surface area contributed by atoms with Crippen molar-refractivity contribution in [3.05, 3.63) is 12.2 Å². The lowest BCUT2D eigenvalue weighted by Crippen LogP contribution is -2.19. The van der Waals surface area contributed by atoms with Crippen LogP contribution in [0.2, 0.25) is 0 Å². The number of aliphatic hydroxyl groups excluding tert-OH is 2. The van der Waals surface area contributed by atoms with Gasteiger partial charge in [0.25, 0.3) is 0 Å². The van der Waals surface area contributed by atoms with Crippen LogP contribution in [0.4, 0.5) is 0 Å². The first kappa shape index (κ1) is 21.8. The second kappa shape index (κ2) is 12.2. The fourth-order valence-corrected chi connectivity index (χ4v) is 3.55. The first-order valence-corrected chi connectivity index (χ1v) is 9.74. The van der Waals surface area contributed by atoms with Crippen molar-refractivity contribution in [1.82, 2.24) is 0 Å². The highest BCUT2D eigenvalue weighted by Crippen LogP contribution is 2.34. The molecule has 0 unspecified atom stereocenters. The van der Waals surface area contributed by atoms with Gasteiger partial charge in [-0.1, -0.05) is 57.6 Å². The smallest absolute Gasteiger partial charge is 0.303 e. The molecule has 1 aliphatic carbocycles. The van der Waals surface area contributed by atoms with E-state index in [1.54, 1.807) is 12.2 Å². The van der Waals surface area contributed by atoms with Crippen LogP contribution in [0, 0.1) is 11.8 Å². The third-order valence-corrected chi connectivity index (χ3v) is 5.06. The van der Waals surface area contributed by atoms with Crippen LogP contribution < -0.4 is 0 Å². The van der Waals surface area contributed by atoms with E-state index >= 15 is 0 Å². The molecule has 0 heterocycles. The van der Waals surface area contributed by atoms with Crippen molar-refractivity contribution in [3.8, 4) is 0 Å². The molecular formula is C20H34O5. The fourth-order valence-electron chi connectivity index (χ4n) is 3.55. The Balaban J connectivity index is 2.39. The molecule has 0 aromatic rings. The van der Waals surface area contributed by atoms with Crippen LogP contribution in [0.1, 0.15) is 77.6 Å². The van der Waals surface area contributed by atoms with E-state index in [9.17, 15) is 19.8 Å². The quantitative estimate of drug-likeness (QED) is 0.348. The lowest BCUT2D eigenvalue weighted by Gasteiger charge is -2.18. The average molecular weight is 354 g/mol. The van der Waals surface area contributed by atoms with Gasteiger partial charge in [0.1, 0.15) is 5.78 Å². The summed E-state index contributed by atoms with van der Waals surface area (Å²) in [6, 6.07) is 0. The van der Waals surface area contributed by atoms with Crippen LogP contribution in [0.5, 0.6) is 0 Å². The van der Waals surface area contributed by atoms with Gasteiger partial charge in [0, 0.05) is 18.8 Å². The van der Waals surface area contributed by atoms with Crippen molar-refractivity contribution < 1.29 is 24.9 Å². The van der Waals surface area contributed by atoms with Crippen LogP contribution in [0.3, 0.4) is 0 Å². The fraction of sp³-hybridized carbons (Fsp3) is 0.800. The lowest BCUT2D eigenvalue weighted by atomic mass is 9.88. The lowest BCUT2D eigenvalue weighted by molar-refractivity contribution is -0.137. The number of carbonyl (C=O) groups excluding carboxylic acids is 1. The Hall–Kier alpha value is -1.20. The highest BCUT2D eigenvalue weighted by atomic mass is 16.4. The molecule has 4 atom stereocenters. The number of allylic oxidation sites excluding steroid dienone is 1. The molecule has 0 spiro atoms. The van der Waals surface area contributed by atoms with Gasteiger partial charge in [-0.3, -0.25) is 9.59 Å². The van der Waals surface area contributed by atoms with E-state index < -0.39 is 18.2 Å². The number of carbonyl (C=O) groups is 2. The Morgan fingerprint density at radius 2 is 1.92 bits per heavy atom. The Morgan fingerprint density at radius 3 is 2.60 bits per heavy atom. The van der Waals surface area contributed by atoms with Gasteiger partial charge in [-0.05, 0) is 25.2 Å². The molecule has 144 valence electrons. The van der Waals surface area contributed by atoms with Crippen molar-refractivity contribution >= 4 is 11.8 Å². The molecule has 0 saturated heterocycles. The van der Waals surface area contributed by atoms with Crippen LogP contribution in [0.15, 0.2) is 12.2 Å². The molecule has 0 aromatic heterocycles. The van der Waals surface area contributed by atoms with Crippen molar-refractivity contribution in [1.29, 1.82) is 0 Å². The summed E-state index contributed by atoms with van der Waals surface area (Å²) in [5.74, 6) is -1.08. The number of aliphatic carboxylic acids is 1. The van der Waals surface area contributed by atoms with E-state index in [1.807, 2.05) is 0 Å². The molecule has 5 nitrogen and oxygen atoms in total. The average Bonchev–Trinajstić information content (AvgIpc) is 2.82. The molecule has 0 amide bonds. The van der Waals surface area contributed by atoms with Crippen LogP contribution >= 0.6 is 0 Å². The van der Waals surface area contributed by atoms with Crippen molar-refractivity contribution in [2.75, 3.05) is 0 Å². The third kappa shape index (κ3) is 8.63. The number of rotatable bonds is 13. The van der Waals surface area contributed by atoms with Gasteiger partial charge < -0.3 is 15.3 Å². The number of carboxylic acids is 1. The van der Waals surface area contributed by atoms with E-state index in [-0.39, 0.29) is 30.5 Å². The number of unbranched alkanes of at least 4 members (excludes halogenated alkanes) is 5. The predicted octanol–water partition coefficient (Wildman–Crippen LogP) is 3.48. The van der Waals surface area contributed by atoms with Gasteiger partial charge in [0.15, 0.2) is 0 Å². The molecule has 5 heteroatoms. The normalized spacial score (nSPS) is 24.9. The number of ketones is 1. The van der Waals surface area contributed by atoms with Crippen molar-refractivity contribution in [2.24, 2.45) is 11.8 Å². The van der Waals surface area contributed by atoms with Gasteiger partial charge >= 0.3 is 5.97 Å². The maximum Gasteiger partial charge on any atom is 0.303 e. The number of hydrogen-bond acceptors (Lipinski definition) is 4. The number of Topliss-reactive ketones (excluding diaryl/α,β-unsaturated/α-hetero) is 1. The Labute approximate surface area is 151 Å². The van der Waals surface area contributed by atoms with Crippen LogP contribution in [-0.2, 0) is 9.59 Å². The first-order chi connectivity index (χ1) is 12.0.